The van der Waals surface area contributed by atoms with Crippen molar-refractivity contribution < 1.29 is 13.6 Å². The molecule has 1 amide bonds. The van der Waals surface area contributed by atoms with E-state index in [9.17, 15) is 13.6 Å². The number of benzene rings is 1. The first-order valence-corrected chi connectivity index (χ1v) is 5.44. The molecule has 94 valence electrons. The summed E-state index contributed by atoms with van der Waals surface area (Å²) in [5, 5.41) is 2.56. The molecule has 1 aromatic carbocycles. The van der Waals surface area contributed by atoms with Gasteiger partial charge in [0.2, 0.25) is 0 Å². The van der Waals surface area contributed by atoms with Crippen molar-refractivity contribution in [1.82, 2.24) is 5.32 Å². The highest BCUT2D eigenvalue weighted by molar-refractivity contribution is 5.95. The molecule has 0 fully saturated rings. The molecule has 0 aliphatic rings. The maximum atomic E-state index is 13.3. The van der Waals surface area contributed by atoms with Crippen molar-refractivity contribution in [3.63, 3.8) is 0 Å². The van der Waals surface area contributed by atoms with E-state index in [-0.39, 0.29) is 11.3 Å². The van der Waals surface area contributed by atoms with Crippen molar-refractivity contribution in [2.45, 2.75) is 20.3 Å². The smallest absolute Gasteiger partial charge is 0.254 e. The van der Waals surface area contributed by atoms with Crippen molar-refractivity contribution in [2.75, 3.05) is 12.3 Å². The number of carbonyl (C=O) groups is 1. The molecule has 0 unspecified atom stereocenters. The van der Waals surface area contributed by atoms with Crippen molar-refractivity contribution in [1.29, 1.82) is 0 Å². The Labute approximate surface area is 99.0 Å². The Bertz CT molecular complexity index is 419. The second-order valence-corrected chi connectivity index (χ2v) is 4.29. The fraction of sp³-hybridized carbons (Fsp3) is 0.417. The van der Waals surface area contributed by atoms with Crippen LogP contribution in [-0.2, 0) is 0 Å². The standard InChI is InChI=1S/C12H16F2N2O/c1-7(2)3-4-16-12(17)8-5-11(15)10(14)6-9(8)13/h5-7H,3-4,15H2,1-2H3,(H,16,17). The van der Waals surface area contributed by atoms with Crippen LogP contribution in [0.3, 0.4) is 0 Å². The number of hydrogen-bond acceptors (Lipinski definition) is 2. The zero-order valence-electron chi connectivity index (χ0n) is 9.89. The Morgan fingerprint density at radius 1 is 1.35 bits per heavy atom. The SMILES string of the molecule is CC(C)CCNC(=O)c1cc(N)c(F)cc1F. The van der Waals surface area contributed by atoms with Gasteiger partial charge in [0.25, 0.3) is 5.91 Å². The zero-order valence-corrected chi connectivity index (χ0v) is 9.89. The molecule has 3 N–H and O–H groups in total. The van der Waals surface area contributed by atoms with Crippen LogP contribution in [0.15, 0.2) is 12.1 Å². The van der Waals surface area contributed by atoms with Crippen LogP contribution in [0.5, 0.6) is 0 Å². The van der Waals surface area contributed by atoms with E-state index in [1.165, 1.54) is 0 Å². The number of anilines is 1. The van der Waals surface area contributed by atoms with E-state index in [2.05, 4.69) is 5.32 Å². The largest absolute Gasteiger partial charge is 0.396 e. The van der Waals surface area contributed by atoms with Gasteiger partial charge in [-0.2, -0.15) is 0 Å². The van der Waals surface area contributed by atoms with Crippen molar-refractivity contribution >= 4 is 11.6 Å². The highest BCUT2D eigenvalue weighted by atomic mass is 19.1. The summed E-state index contributed by atoms with van der Waals surface area (Å²) in [6.45, 7) is 4.48. The van der Waals surface area contributed by atoms with Crippen LogP contribution in [-0.4, -0.2) is 12.5 Å². The van der Waals surface area contributed by atoms with Crippen molar-refractivity contribution in [3.8, 4) is 0 Å². The molecular weight excluding hydrogens is 226 g/mol. The lowest BCUT2D eigenvalue weighted by Gasteiger charge is -2.08. The Hall–Kier alpha value is -1.65. The van der Waals surface area contributed by atoms with E-state index in [0.29, 0.717) is 18.5 Å². The minimum absolute atomic E-state index is 0.229. The molecular formula is C12H16F2N2O. The van der Waals surface area contributed by atoms with E-state index in [1.54, 1.807) is 0 Å². The van der Waals surface area contributed by atoms with Crippen LogP contribution in [0.2, 0.25) is 0 Å². The Balaban J connectivity index is 2.72. The molecule has 0 bridgehead atoms. The Kier molecular flexibility index (Phi) is 4.43. The predicted octanol–water partition coefficient (Wildman–Crippen LogP) is 2.32. The summed E-state index contributed by atoms with van der Waals surface area (Å²) >= 11 is 0. The van der Waals surface area contributed by atoms with Gasteiger partial charge in [-0.05, 0) is 18.4 Å². The number of hydrogen-bond donors (Lipinski definition) is 2. The lowest BCUT2D eigenvalue weighted by atomic mass is 10.1. The number of halogens is 2. The van der Waals surface area contributed by atoms with Crippen LogP contribution >= 0.6 is 0 Å². The predicted molar refractivity (Wildman–Crippen MR) is 62.6 cm³/mol. The number of rotatable bonds is 4. The number of amides is 1. The van der Waals surface area contributed by atoms with Gasteiger partial charge in [0, 0.05) is 12.6 Å². The summed E-state index contributed by atoms with van der Waals surface area (Å²) in [6, 6.07) is 1.63. The average Bonchev–Trinajstić information content (AvgIpc) is 2.22. The third-order valence-electron chi connectivity index (χ3n) is 2.34. The van der Waals surface area contributed by atoms with Crippen LogP contribution in [0.4, 0.5) is 14.5 Å². The van der Waals surface area contributed by atoms with Crippen molar-refractivity contribution in [3.05, 3.63) is 29.3 Å². The Morgan fingerprint density at radius 2 is 2.00 bits per heavy atom. The molecule has 5 heteroatoms. The van der Waals surface area contributed by atoms with Crippen molar-refractivity contribution in [2.24, 2.45) is 5.92 Å². The molecule has 0 aliphatic carbocycles. The van der Waals surface area contributed by atoms with Crippen LogP contribution < -0.4 is 11.1 Å². The van der Waals surface area contributed by atoms with E-state index in [1.807, 2.05) is 13.8 Å². The van der Waals surface area contributed by atoms with Gasteiger partial charge in [-0.25, -0.2) is 8.78 Å². The van der Waals surface area contributed by atoms with Gasteiger partial charge < -0.3 is 11.1 Å². The van der Waals surface area contributed by atoms with Crippen LogP contribution in [0.1, 0.15) is 30.6 Å². The molecule has 3 nitrogen and oxygen atoms in total. The first-order chi connectivity index (χ1) is 7.91. The van der Waals surface area contributed by atoms with Gasteiger partial charge in [0.05, 0.1) is 11.3 Å². The van der Waals surface area contributed by atoms with E-state index in [4.69, 9.17) is 5.73 Å². The van der Waals surface area contributed by atoms with Gasteiger partial charge >= 0.3 is 0 Å². The molecule has 17 heavy (non-hydrogen) atoms. The Morgan fingerprint density at radius 3 is 2.59 bits per heavy atom. The third kappa shape index (κ3) is 3.69. The number of nitrogens with one attached hydrogen (secondary N) is 1. The third-order valence-corrected chi connectivity index (χ3v) is 2.34. The van der Waals surface area contributed by atoms with Gasteiger partial charge in [-0.3, -0.25) is 4.79 Å². The topological polar surface area (TPSA) is 55.1 Å². The molecule has 1 aromatic rings. The minimum atomic E-state index is -0.904. The van der Waals surface area contributed by atoms with Gasteiger partial charge in [-0.1, -0.05) is 13.8 Å². The lowest BCUT2D eigenvalue weighted by molar-refractivity contribution is 0.0948. The molecule has 0 aromatic heterocycles. The number of nitrogens with two attached hydrogens (primary N) is 1. The lowest BCUT2D eigenvalue weighted by Crippen LogP contribution is -2.26. The summed E-state index contributed by atoms with van der Waals surface area (Å²) in [6.07, 6.45) is 0.796. The molecule has 0 spiro atoms. The molecule has 1 rings (SSSR count). The fourth-order valence-corrected chi connectivity index (χ4v) is 1.31. The number of carbonyl (C=O) groups excluding carboxylic acids is 1. The fourth-order valence-electron chi connectivity index (χ4n) is 1.31. The van der Waals surface area contributed by atoms with Gasteiger partial charge in [-0.15, -0.1) is 0 Å². The molecule has 0 saturated heterocycles. The number of nitrogen functional groups attached to an aromatic ring is 1. The van der Waals surface area contributed by atoms with Crippen LogP contribution in [0, 0.1) is 17.6 Å². The second kappa shape index (κ2) is 5.61. The van der Waals surface area contributed by atoms with E-state index >= 15 is 0 Å². The highest BCUT2D eigenvalue weighted by Crippen LogP contribution is 2.16. The summed E-state index contributed by atoms with van der Waals surface area (Å²) < 4.78 is 26.2. The normalized spacial score (nSPS) is 10.6. The summed E-state index contributed by atoms with van der Waals surface area (Å²) in [4.78, 5) is 11.6. The average molecular weight is 242 g/mol. The first-order valence-electron chi connectivity index (χ1n) is 5.44. The minimum Gasteiger partial charge on any atom is -0.396 e. The second-order valence-electron chi connectivity index (χ2n) is 4.29. The first kappa shape index (κ1) is 13.4. The van der Waals surface area contributed by atoms with Crippen LogP contribution in [0.25, 0.3) is 0 Å². The monoisotopic (exact) mass is 242 g/mol. The van der Waals surface area contributed by atoms with E-state index < -0.39 is 17.5 Å². The van der Waals surface area contributed by atoms with E-state index in [0.717, 1.165) is 12.5 Å². The maximum absolute atomic E-state index is 13.3. The van der Waals surface area contributed by atoms with Gasteiger partial charge in [0.1, 0.15) is 11.6 Å². The summed E-state index contributed by atoms with van der Waals surface area (Å²) in [5.41, 5.74) is 4.82. The summed E-state index contributed by atoms with van der Waals surface area (Å²) in [5.74, 6) is -1.90. The highest BCUT2D eigenvalue weighted by Gasteiger charge is 2.14. The molecule has 0 aliphatic heterocycles. The summed E-state index contributed by atoms with van der Waals surface area (Å²) in [7, 11) is 0. The molecule has 0 saturated carbocycles. The quantitative estimate of drug-likeness (QED) is 0.796. The van der Waals surface area contributed by atoms with Gasteiger partial charge in [0.15, 0.2) is 0 Å². The molecule has 0 radical (unpaired) electrons. The molecule has 0 atom stereocenters. The molecule has 0 heterocycles. The zero-order chi connectivity index (χ0) is 13.0. The maximum Gasteiger partial charge on any atom is 0.254 e.